The van der Waals surface area contributed by atoms with E-state index in [1.165, 1.54) is 41.3 Å². The smallest absolute Gasteiger partial charge is 0.295 e. The maximum absolute atomic E-state index is 13.3. The molecule has 0 spiro atoms. The Hall–Kier alpha value is -4.66. The first-order chi connectivity index (χ1) is 17.5. The fraction of sp³-hybridized carbons (Fsp3) is 0.214. The Morgan fingerprint density at radius 3 is 2.22 bits per heavy atom. The predicted octanol–water partition coefficient (Wildman–Crippen LogP) is 5.10. The van der Waals surface area contributed by atoms with Crippen molar-refractivity contribution in [3.8, 4) is 11.5 Å². The van der Waals surface area contributed by atoms with Gasteiger partial charge in [0, 0.05) is 23.3 Å². The number of likely N-dealkylation sites (tertiary alicyclic amines) is 1. The molecular formula is C28H26N2O7. The summed E-state index contributed by atoms with van der Waals surface area (Å²) in [5.41, 5.74) is 0.481. The summed E-state index contributed by atoms with van der Waals surface area (Å²) in [4.78, 5) is 38.4. The van der Waals surface area contributed by atoms with E-state index in [0.717, 1.165) is 0 Å². The number of carbonyl (C=O) groups excluding carboxylic acids is 2. The average molecular weight is 503 g/mol. The van der Waals surface area contributed by atoms with Gasteiger partial charge in [-0.3, -0.25) is 19.7 Å². The number of phenols is 1. The van der Waals surface area contributed by atoms with Crippen LogP contribution in [-0.4, -0.2) is 37.3 Å². The fourth-order valence-corrected chi connectivity index (χ4v) is 4.19. The lowest BCUT2D eigenvalue weighted by atomic mass is 9.95. The molecule has 9 heteroatoms. The molecule has 3 aromatic carbocycles. The number of phenolic OH excluding ortho intramolecular Hbond substituents is 1. The number of ether oxygens (including phenoxy) is 1. The van der Waals surface area contributed by atoms with Crippen molar-refractivity contribution in [3.63, 3.8) is 0 Å². The Morgan fingerprint density at radius 2 is 1.62 bits per heavy atom. The summed E-state index contributed by atoms with van der Waals surface area (Å²) in [5.74, 6) is -1.60. The number of Topliss-reactive ketones (excluding diaryl/α,β-unsaturated/α-hetero) is 1. The van der Waals surface area contributed by atoms with Crippen molar-refractivity contribution in [2.45, 2.75) is 39.0 Å². The summed E-state index contributed by atoms with van der Waals surface area (Å²) in [6.07, 6.45) is 0. The van der Waals surface area contributed by atoms with Crippen LogP contribution in [0.2, 0.25) is 0 Å². The molecule has 1 atom stereocenters. The zero-order chi connectivity index (χ0) is 26.9. The summed E-state index contributed by atoms with van der Waals surface area (Å²) >= 11 is 0. The van der Waals surface area contributed by atoms with Crippen LogP contribution in [0, 0.1) is 10.1 Å². The zero-order valence-corrected chi connectivity index (χ0v) is 20.5. The zero-order valence-electron chi connectivity index (χ0n) is 20.5. The third-order valence-electron chi connectivity index (χ3n) is 5.83. The molecule has 1 heterocycles. The quantitative estimate of drug-likeness (QED) is 0.158. The van der Waals surface area contributed by atoms with Gasteiger partial charge in [0.05, 0.1) is 23.1 Å². The number of ketones is 1. The van der Waals surface area contributed by atoms with Crippen LogP contribution < -0.4 is 4.74 Å². The minimum atomic E-state index is -0.974. The molecule has 37 heavy (non-hydrogen) atoms. The van der Waals surface area contributed by atoms with Crippen LogP contribution >= 0.6 is 0 Å². The number of hydrogen-bond acceptors (Lipinski definition) is 7. The average Bonchev–Trinajstić information content (AvgIpc) is 3.09. The molecule has 190 valence electrons. The first-order valence-corrected chi connectivity index (χ1v) is 11.6. The van der Waals surface area contributed by atoms with Gasteiger partial charge in [-0.1, -0.05) is 30.3 Å². The molecule has 1 fully saturated rings. The van der Waals surface area contributed by atoms with Gasteiger partial charge in [-0.25, -0.2) is 0 Å². The largest absolute Gasteiger partial charge is 0.508 e. The van der Waals surface area contributed by atoms with Gasteiger partial charge in [-0.05, 0) is 56.7 Å². The number of aliphatic hydroxyl groups is 1. The maximum atomic E-state index is 13.3. The normalized spacial score (nSPS) is 17.2. The van der Waals surface area contributed by atoms with Crippen molar-refractivity contribution in [2.24, 2.45) is 0 Å². The standard InChI is InChI=1S/C28H26N2O7/c1-28(2,3)37-22-7-5-4-6-19(22)16-29-24(17-10-14-21(31)15-11-17)23(26(33)27(29)34)25(32)18-8-12-20(13-9-18)30(35)36/h4-15,24,31-32H,16H2,1-3H3/b25-23-. The number of para-hydroxylation sites is 1. The number of amides is 1. The summed E-state index contributed by atoms with van der Waals surface area (Å²) < 4.78 is 6.06. The Labute approximate surface area is 213 Å². The molecule has 1 saturated heterocycles. The minimum Gasteiger partial charge on any atom is -0.508 e. The second-order valence-electron chi connectivity index (χ2n) is 9.64. The van der Waals surface area contributed by atoms with Crippen molar-refractivity contribution < 1.29 is 29.5 Å². The van der Waals surface area contributed by atoms with Gasteiger partial charge in [0.2, 0.25) is 0 Å². The molecule has 0 aliphatic carbocycles. The Balaban J connectivity index is 1.83. The van der Waals surface area contributed by atoms with Gasteiger partial charge in [0.15, 0.2) is 0 Å². The number of nitro groups is 1. The molecule has 1 aliphatic rings. The Kier molecular flexibility index (Phi) is 6.72. The molecule has 1 amide bonds. The first-order valence-electron chi connectivity index (χ1n) is 11.6. The minimum absolute atomic E-state index is 0.00000624. The van der Waals surface area contributed by atoms with Crippen LogP contribution in [0.1, 0.15) is 43.5 Å². The maximum Gasteiger partial charge on any atom is 0.295 e. The van der Waals surface area contributed by atoms with Gasteiger partial charge in [-0.15, -0.1) is 0 Å². The van der Waals surface area contributed by atoms with Gasteiger partial charge >= 0.3 is 0 Å². The van der Waals surface area contributed by atoms with E-state index in [0.29, 0.717) is 16.9 Å². The van der Waals surface area contributed by atoms with Crippen molar-refractivity contribution in [1.29, 1.82) is 0 Å². The molecule has 9 nitrogen and oxygen atoms in total. The van der Waals surface area contributed by atoms with E-state index in [2.05, 4.69) is 0 Å². The van der Waals surface area contributed by atoms with Gasteiger partial charge < -0.3 is 19.8 Å². The highest BCUT2D eigenvalue weighted by molar-refractivity contribution is 6.46. The van der Waals surface area contributed by atoms with Gasteiger partial charge in [0.25, 0.3) is 17.4 Å². The summed E-state index contributed by atoms with van der Waals surface area (Å²) in [7, 11) is 0. The molecule has 4 rings (SSSR count). The highest BCUT2D eigenvalue weighted by Crippen LogP contribution is 2.41. The monoisotopic (exact) mass is 502 g/mol. The number of carbonyl (C=O) groups is 2. The molecule has 0 bridgehead atoms. The molecule has 1 unspecified atom stereocenters. The van der Waals surface area contributed by atoms with Crippen molar-refractivity contribution in [1.82, 2.24) is 4.90 Å². The van der Waals surface area contributed by atoms with E-state index >= 15 is 0 Å². The van der Waals surface area contributed by atoms with Crippen LogP contribution in [0.5, 0.6) is 11.5 Å². The van der Waals surface area contributed by atoms with Crippen molar-refractivity contribution in [2.75, 3.05) is 0 Å². The van der Waals surface area contributed by atoms with Gasteiger partial charge in [0.1, 0.15) is 22.9 Å². The lowest BCUT2D eigenvalue weighted by Gasteiger charge is -2.28. The van der Waals surface area contributed by atoms with Crippen LogP contribution in [-0.2, 0) is 16.1 Å². The number of aliphatic hydroxyl groups excluding tert-OH is 1. The number of nitro benzene ring substituents is 1. The summed E-state index contributed by atoms with van der Waals surface area (Å²) in [5, 5.41) is 32.0. The number of non-ortho nitro benzene ring substituents is 1. The van der Waals surface area contributed by atoms with E-state index in [4.69, 9.17) is 4.74 Å². The third kappa shape index (κ3) is 5.30. The van der Waals surface area contributed by atoms with Crippen molar-refractivity contribution >= 4 is 23.1 Å². The molecule has 1 aliphatic heterocycles. The lowest BCUT2D eigenvalue weighted by Crippen LogP contribution is -2.30. The number of benzene rings is 3. The number of aromatic hydroxyl groups is 1. The van der Waals surface area contributed by atoms with Gasteiger partial charge in [-0.2, -0.15) is 0 Å². The second-order valence-corrected chi connectivity index (χ2v) is 9.64. The van der Waals surface area contributed by atoms with E-state index < -0.39 is 34.0 Å². The number of rotatable bonds is 6. The number of nitrogens with zero attached hydrogens (tertiary/aromatic N) is 2. The SMILES string of the molecule is CC(C)(C)Oc1ccccc1CN1C(=O)C(=O)/C(=C(\O)c2ccc([N+](=O)[O-])cc2)C1c1ccc(O)cc1. The molecule has 0 radical (unpaired) electrons. The number of hydrogen-bond donors (Lipinski definition) is 2. The predicted molar refractivity (Wildman–Crippen MR) is 136 cm³/mol. The Bertz CT molecular complexity index is 1390. The highest BCUT2D eigenvalue weighted by atomic mass is 16.6. The van der Waals surface area contributed by atoms with Crippen LogP contribution in [0.3, 0.4) is 0 Å². The summed E-state index contributed by atoms with van der Waals surface area (Å²) in [6, 6.07) is 17.3. The second kappa shape index (κ2) is 9.77. The molecule has 3 aromatic rings. The van der Waals surface area contributed by atoms with Crippen LogP contribution in [0.15, 0.2) is 78.4 Å². The molecule has 0 saturated carbocycles. The Morgan fingerprint density at radius 1 is 1.00 bits per heavy atom. The van der Waals surface area contributed by atoms with E-state index in [9.17, 15) is 29.9 Å². The van der Waals surface area contributed by atoms with E-state index in [1.807, 2.05) is 26.8 Å². The van der Waals surface area contributed by atoms with E-state index in [-0.39, 0.29) is 29.1 Å². The lowest BCUT2D eigenvalue weighted by molar-refractivity contribution is -0.384. The van der Waals surface area contributed by atoms with Crippen LogP contribution in [0.4, 0.5) is 5.69 Å². The highest BCUT2D eigenvalue weighted by Gasteiger charge is 2.46. The fourth-order valence-electron chi connectivity index (χ4n) is 4.19. The summed E-state index contributed by atoms with van der Waals surface area (Å²) in [6.45, 7) is 5.71. The first kappa shape index (κ1) is 25.4. The molecular weight excluding hydrogens is 476 g/mol. The third-order valence-corrected chi connectivity index (χ3v) is 5.83. The van der Waals surface area contributed by atoms with Crippen LogP contribution in [0.25, 0.3) is 5.76 Å². The van der Waals surface area contributed by atoms with Crippen molar-refractivity contribution in [3.05, 3.63) is 105 Å². The van der Waals surface area contributed by atoms with E-state index in [1.54, 1.807) is 30.3 Å². The molecule has 0 aromatic heterocycles. The topological polar surface area (TPSA) is 130 Å². The molecule has 2 N–H and O–H groups in total.